The molecule has 0 aliphatic rings. The van der Waals surface area contributed by atoms with Gasteiger partial charge in [-0.3, -0.25) is 4.98 Å². The molecule has 0 N–H and O–H groups in total. The van der Waals surface area contributed by atoms with E-state index >= 15 is 0 Å². The lowest BCUT2D eigenvalue weighted by atomic mass is 10.0. The minimum Gasteiger partial charge on any atom is -0.494 e. The van der Waals surface area contributed by atoms with Crippen LogP contribution in [0.5, 0.6) is 5.75 Å². The van der Waals surface area contributed by atoms with E-state index in [9.17, 15) is 0 Å². The molecule has 3 aromatic rings. The minimum absolute atomic E-state index is 0.768. The Morgan fingerprint density at radius 2 is 1.38 bits per heavy atom. The van der Waals surface area contributed by atoms with Crippen LogP contribution < -0.4 is 4.74 Å². The standard InChI is InChI=1S/C24H27NO/c1-3-17-26-24-15-11-22(12-16-24)21-9-5-20(6-10-21)8-14-23-13-7-19(4-2)18-25-23/h5-7,9-13,15-16,18H,3-4,8,14,17H2,1-2H3. The fourth-order valence-electron chi connectivity index (χ4n) is 2.91. The van der Waals surface area contributed by atoms with Crippen LogP contribution in [0.3, 0.4) is 0 Å². The van der Waals surface area contributed by atoms with E-state index in [0.717, 1.165) is 43.7 Å². The van der Waals surface area contributed by atoms with E-state index in [1.165, 1.54) is 22.3 Å². The molecule has 2 heteroatoms. The van der Waals surface area contributed by atoms with Crippen molar-refractivity contribution < 1.29 is 4.74 Å². The van der Waals surface area contributed by atoms with Crippen LogP contribution in [-0.4, -0.2) is 11.6 Å². The second-order valence-corrected chi connectivity index (χ2v) is 6.58. The number of pyridine rings is 1. The van der Waals surface area contributed by atoms with E-state index in [-0.39, 0.29) is 0 Å². The molecule has 134 valence electrons. The third-order valence-electron chi connectivity index (χ3n) is 4.58. The van der Waals surface area contributed by atoms with Crippen LogP contribution >= 0.6 is 0 Å². The number of hydrogen-bond acceptors (Lipinski definition) is 2. The van der Waals surface area contributed by atoms with Crippen molar-refractivity contribution in [2.45, 2.75) is 39.5 Å². The topological polar surface area (TPSA) is 22.1 Å². The fourth-order valence-corrected chi connectivity index (χ4v) is 2.91. The molecule has 3 rings (SSSR count). The first kappa shape index (κ1) is 18.2. The highest BCUT2D eigenvalue weighted by molar-refractivity contribution is 5.64. The Balaban J connectivity index is 1.58. The summed E-state index contributed by atoms with van der Waals surface area (Å²) in [5.74, 6) is 0.939. The van der Waals surface area contributed by atoms with Gasteiger partial charge in [0.15, 0.2) is 0 Å². The van der Waals surface area contributed by atoms with E-state index in [4.69, 9.17) is 4.74 Å². The maximum Gasteiger partial charge on any atom is 0.119 e. The number of ether oxygens (including phenoxy) is 1. The molecule has 0 unspecified atom stereocenters. The SMILES string of the molecule is CCCOc1ccc(-c2ccc(CCc3ccc(CC)cn3)cc2)cc1. The Hall–Kier alpha value is -2.61. The number of aryl methyl sites for hydroxylation is 3. The van der Waals surface area contributed by atoms with Crippen molar-refractivity contribution in [3.63, 3.8) is 0 Å². The molecular formula is C24H27NO. The Bertz CT molecular complexity index is 789. The van der Waals surface area contributed by atoms with Crippen molar-refractivity contribution in [1.82, 2.24) is 4.98 Å². The third-order valence-corrected chi connectivity index (χ3v) is 4.58. The van der Waals surface area contributed by atoms with Gasteiger partial charge in [-0.1, -0.05) is 56.3 Å². The summed E-state index contributed by atoms with van der Waals surface area (Å²) in [7, 11) is 0. The zero-order valence-corrected chi connectivity index (χ0v) is 15.7. The number of nitrogens with zero attached hydrogens (tertiary/aromatic N) is 1. The Labute approximate surface area is 156 Å². The normalized spacial score (nSPS) is 10.7. The molecule has 0 aliphatic carbocycles. The van der Waals surface area contributed by atoms with Crippen LogP contribution in [0, 0.1) is 0 Å². The molecule has 0 saturated carbocycles. The third kappa shape index (κ3) is 4.95. The number of rotatable bonds is 8. The molecule has 0 atom stereocenters. The largest absolute Gasteiger partial charge is 0.494 e. The van der Waals surface area contributed by atoms with Crippen molar-refractivity contribution in [3.05, 3.63) is 83.7 Å². The maximum absolute atomic E-state index is 5.65. The van der Waals surface area contributed by atoms with Gasteiger partial charge in [-0.25, -0.2) is 0 Å². The molecule has 1 aromatic heterocycles. The quantitative estimate of drug-likeness (QED) is 0.508. The molecule has 2 nitrogen and oxygen atoms in total. The predicted molar refractivity (Wildman–Crippen MR) is 109 cm³/mol. The lowest BCUT2D eigenvalue weighted by Gasteiger charge is -2.07. The summed E-state index contributed by atoms with van der Waals surface area (Å²) in [5, 5.41) is 0. The average Bonchev–Trinajstić information content (AvgIpc) is 2.72. The second kappa shape index (κ2) is 9.19. The molecule has 0 spiro atoms. The van der Waals surface area contributed by atoms with Gasteiger partial charge in [0.25, 0.3) is 0 Å². The van der Waals surface area contributed by atoms with Gasteiger partial charge in [0, 0.05) is 11.9 Å². The van der Waals surface area contributed by atoms with Gasteiger partial charge in [-0.15, -0.1) is 0 Å². The van der Waals surface area contributed by atoms with E-state index in [0.29, 0.717) is 0 Å². The Morgan fingerprint density at radius 3 is 1.96 bits per heavy atom. The van der Waals surface area contributed by atoms with Gasteiger partial charge in [0.05, 0.1) is 6.61 Å². The fraction of sp³-hybridized carbons (Fsp3) is 0.292. The molecular weight excluding hydrogens is 318 g/mol. The highest BCUT2D eigenvalue weighted by Gasteiger charge is 2.01. The van der Waals surface area contributed by atoms with Gasteiger partial charge in [0.1, 0.15) is 5.75 Å². The minimum atomic E-state index is 0.768. The lowest BCUT2D eigenvalue weighted by Crippen LogP contribution is -1.95. The van der Waals surface area contributed by atoms with Crippen LogP contribution in [0.15, 0.2) is 66.9 Å². The molecule has 0 aliphatic heterocycles. The summed E-state index contributed by atoms with van der Waals surface area (Å²) in [4.78, 5) is 4.55. The van der Waals surface area contributed by atoms with Crippen LogP contribution in [0.4, 0.5) is 0 Å². The van der Waals surface area contributed by atoms with Gasteiger partial charge < -0.3 is 4.74 Å². The lowest BCUT2D eigenvalue weighted by molar-refractivity contribution is 0.317. The van der Waals surface area contributed by atoms with E-state index in [2.05, 4.69) is 67.4 Å². The zero-order valence-electron chi connectivity index (χ0n) is 15.7. The molecule has 0 fully saturated rings. The zero-order chi connectivity index (χ0) is 18.2. The smallest absolute Gasteiger partial charge is 0.119 e. The van der Waals surface area contributed by atoms with E-state index in [1.54, 1.807) is 0 Å². The highest BCUT2D eigenvalue weighted by atomic mass is 16.5. The van der Waals surface area contributed by atoms with Crippen LogP contribution in [0.25, 0.3) is 11.1 Å². The first-order valence-electron chi connectivity index (χ1n) is 9.54. The molecule has 26 heavy (non-hydrogen) atoms. The summed E-state index contributed by atoms with van der Waals surface area (Å²) in [5.41, 5.74) is 6.26. The summed E-state index contributed by atoms with van der Waals surface area (Å²) in [6.07, 6.45) is 6.06. The Morgan fingerprint density at radius 1 is 0.731 bits per heavy atom. The Kier molecular flexibility index (Phi) is 6.43. The van der Waals surface area contributed by atoms with E-state index in [1.807, 2.05) is 18.3 Å². The number of benzene rings is 2. The first-order chi connectivity index (χ1) is 12.8. The van der Waals surface area contributed by atoms with Gasteiger partial charge in [-0.05, 0) is 66.1 Å². The monoisotopic (exact) mass is 345 g/mol. The van der Waals surface area contributed by atoms with Crippen molar-refractivity contribution >= 4 is 0 Å². The maximum atomic E-state index is 5.65. The van der Waals surface area contributed by atoms with Crippen molar-refractivity contribution in [2.24, 2.45) is 0 Å². The molecule has 2 aromatic carbocycles. The van der Waals surface area contributed by atoms with Gasteiger partial charge in [-0.2, -0.15) is 0 Å². The van der Waals surface area contributed by atoms with Crippen LogP contribution in [0.2, 0.25) is 0 Å². The van der Waals surface area contributed by atoms with Crippen molar-refractivity contribution in [3.8, 4) is 16.9 Å². The molecule has 0 saturated heterocycles. The second-order valence-electron chi connectivity index (χ2n) is 6.58. The summed E-state index contributed by atoms with van der Waals surface area (Å²) in [6, 6.07) is 21.5. The van der Waals surface area contributed by atoms with E-state index < -0.39 is 0 Å². The molecule has 0 bridgehead atoms. The predicted octanol–water partition coefficient (Wildman–Crippen LogP) is 5.89. The van der Waals surface area contributed by atoms with Crippen molar-refractivity contribution in [2.75, 3.05) is 6.61 Å². The molecule has 0 amide bonds. The number of aromatic nitrogens is 1. The molecule has 0 radical (unpaired) electrons. The molecule has 1 heterocycles. The average molecular weight is 345 g/mol. The van der Waals surface area contributed by atoms with Crippen LogP contribution in [-0.2, 0) is 19.3 Å². The summed E-state index contributed by atoms with van der Waals surface area (Å²) in [6.45, 7) is 5.04. The number of hydrogen-bond donors (Lipinski definition) is 0. The van der Waals surface area contributed by atoms with Gasteiger partial charge >= 0.3 is 0 Å². The van der Waals surface area contributed by atoms with Gasteiger partial charge in [0.2, 0.25) is 0 Å². The summed E-state index contributed by atoms with van der Waals surface area (Å²) >= 11 is 0. The van der Waals surface area contributed by atoms with Crippen molar-refractivity contribution in [1.29, 1.82) is 0 Å². The van der Waals surface area contributed by atoms with Crippen LogP contribution in [0.1, 0.15) is 37.1 Å². The highest BCUT2D eigenvalue weighted by Crippen LogP contribution is 2.23. The summed E-state index contributed by atoms with van der Waals surface area (Å²) < 4.78 is 5.65. The first-order valence-corrected chi connectivity index (χ1v) is 9.54.